The van der Waals surface area contributed by atoms with Crippen LogP contribution in [-0.2, 0) is 11.3 Å². The Kier molecular flexibility index (Phi) is 23.1. The molecule has 0 bridgehead atoms. The number of rotatable bonds is 5. The summed E-state index contributed by atoms with van der Waals surface area (Å²) in [6.45, 7) is 9.34. The van der Waals surface area contributed by atoms with Crippen LogP contribution in [0.5, 0.6) is 0 Å². The maximum absolute atomic E-state index is 12.1. The number of nitrogens with zero attached hydrogens (tertiary/aromatic N) is 1. The van der Waals surface area contributed by atoms with Crippen molar-refractivity contribution in [1.29, 1.82) is 0 Å². The van der Waals surface area contributed by atoms with Crippen LogP contribution in [0.4, 0.5) is 5.69 Å². The van der Waals surface area contributed by atoms with E-state index in [2.05, 4.69) is 10.6 Å². The SMILES string of the molecule is CC.CO.CO.[CH-]=CC(=O)[N-]c1ccc(C(=O)NCc2ccc(Cl)cc2Cl)cc1.[Na+]. The molecule has 0 unspecified atom stereocenters. The number of hydrogen-bond donors (Lipinski definition) is 3. The Bertz CT molecular complexity index is 757. The molecule has 2 rings (SSSR count). The molecule has 9 heteroatoms. The second-order valence-electron chi connectivity index (χ2n) is 4.58. The first-order valence-corrected chi connectivity index (χ1v) is 9.27. The molecule has 0 spiro atoms. The monoisotopic (exact) mass is 463 g/mol. The van der Waals surface area contributed by atoms with E-state index in [4.69, 9.17) is 40.0 Å². The zero-order chi connectivity index (χ0) is 22.8. The predicted octanol–water partition coefficient (Wildman–Crippen LogP) is 1.69. The van der Waals surface area contributed by atoms with Crippen molar-refractivity contribution in [3.05, 3.63) is 81.6 Å². The Hall–Kier alpha value is -1.38. The molecule has 0 radical (unpaired) electrons. The molecule has 160 valence electrons. The fourth-order valence-electron chi connectivity index (χ4n) is 1.79. The molecule has 0 aromatic heterocycles. The van der Waals surface area contributed by atoms with Crippen LogP contribution >= 0.6 is 23.2 Å². The van der Waals surface area contributed by atoms with Gasteiger partial charge in [0, 0.05) is 36.4 Å². The number of aliphatic hydroxyl groups is 2. The third kappa shape index (κ3) is 13.0. The Morgan fingerprint density at radius 2 is 1.57 bits per heavy atom. The van der Waals surface area contributed by atoms with Crippen molar-refractivity contribution in [2.24, 2.45) is 0 Å². The maximum atomic E-state index is 12.1. The molecule has 0 saturated heterocycles. The van der Waals surface area contributed by atoms with Gasteiger partial charge in [-0.1, -0.05) is 73.3 Å². The van der Waals surface area contributed by atoms with Gasteiger partial charge in [-0.3, -0.25) is 11.4 Å². The Morgan fingerprint density at radius 1 is 1.03 bits per heavy atom. The average Bonchev–Trinajstić information content (AvgIpc) is 2.77. The second kappa shape index (κ2) is 20.9. The summed E-state index contributed by atoms with van der Waals surface area (Å²) in [5, 5.41) is 21.5. The molecule has 0 saturated carbocycles. The molecule has 2 aromatic rings. The smallest absolute Gasteiger partial charge is 0.711 e. The molecule has 2 amide bonds. The van der Waals surface area contributed by atoms with Crippen LogP contribution in [0, 0.1) is 6.58 Å². The fraction of sp³-hybridized carbons (Fsp3) is 0.238. The van der Waals surface area contributed by atoms with E-state index in [0.717, 1.165) is 25.9 Å². The van der Waals surface area contributed by atoms with Crippen LogP contribution < -0.4 is 34.9 Å². The van der Waals surface area contributed by atoms with Gasteiger partial charge in [-0.15, -0.1) is 5.69 Å². The molecule has 2 aromatic carbocycles. The van der Waals surface area contributed by atoms with Crippen LogP contribution in [-0.4, -0.2) is 36.2 Å². The molecule has 0 aliphatic heterocycles. The zero-order valence-electron chi connectivity index (χ0n) is 17.8. The van der Waals surface area contributed by atoms with Crippen molar-refractivity contribution in [1.82, 2.24) is 5.32 Å². The number of benzene rings is 2. The summed E-state index contributed by atoms with van der Waals surface area (Å²) >= 11 is 11.9. The number of carbonyl (C=O) groups is 2. The number of amides is 2. The summed E-state index contributed by atoms with van der Waals surface area (Å²) in [4.78, 5) is 23.1. The van der Waals surface area contributed by atoms with Gasteiger partial charge in [-0.2, -0.15) is 0 Å². The minimum atomic E-state index is -0.542. The van der Waals surface area contributed by atoms with Crippen LogP contribution in [0.25, 0.3) is 5.32 Å². The standard InChI is InChI=1S/C17H13Cl2N2O2.C2H6.2CH4O.Na/c1-2-16(22)21-14-7-4-11(5-8-14)17(23)20-10-12-3-6-13(18)9-15(12)19;3*1-2;/h1-9H,10H2,(H2,20,21,22,23);1-2H3;2*2H,1H3;/q-1;;;;+1/p-1. The van der Waals surface area contributed by atoms with Crippen LogP contribution in [0.15, 0.2) is 48.5 Å². The van der Waals surface area contributed by atoms with Gasteiger partial charge in [-0.05, 0) is 17.7 Å². The number of aliphatic hydroxyl groups excluding tert-OH is 2. The number of halogens is 2. The van der Waals surface area contributed by atoms with E-state index in [9.17, 15) is 9.59 Å². The van der Waals surface area contributed by atoms with Gasteiger partial charge < -0.3 is 25.6 Å². The third-order valence-electron chi connectivity index (χ3n) is 2.97. The molecule has 0 atom stereocenters. The van der Waals surface area contributed by atoms with E-state index in [-0.39, 0.29) is 42.0 Å². The molecule has 0 heterocycles. The summed E-state index contributed by atoms with van der Waals surface area (Å²) in [7, 11) is 2.00. The van der Waals surface area contributed by atoms with Crippen LogP contribution in [0.3, 0.4) is 0 Å². The van der Waals surface area contributed by atoms with Crippen molar-refractivity contribution in [3.8, 4) is 0 Å². The largest absolute Gasteiger partial charge is 1.00 e. The van der Waals surface area contributed by atoms with Crippen molar-refractivity contribution in [2.45, 2.75) is 20.4 Å². The van der Waals surface area contributed by atoms with Gasteiger partial charge in [0.2, 0.25) is 0 Å². The summed E-state index contributed by atoms with van der Waals surface area (Å²) in [5.41, 5.74) is 1.63. The van der Waals surface area contributed by atoms with Gasteiger partial charge in [-0.25, -0.2) is 6.08 Å². The molecule has 30 heavy (non-hydrogen) atoms. The quantitative estimate of drug-likeness (QED) is 0.356. The minimum Gasteiger partial charge on any atom is -0.711 e. The van der Waals surface area contributed by atoms with E-state index in [1.54, 1.807) is 42.5 Å². The summed E-state index contributed by atoms with van der Waals surface area (Å²) in [6, 6.07) is 11.3. The van der Waals surface area contributed by atoms with Crippen LogP contribution in [0.1, 0.15) is 29.8 Å². The van der Waals surface area contributed by atoms with E-state index < -0.39 is 5.91 Å². The number of carbonyl (C=O) groups excluding carboxylic acids is 2. The Morgan fingerprint density at radius 3 is 2.03 bits per heavy atom. The first-order chi connectivity index (χ1) is 14.0. The van der Waals surface area contributed by atoms with E-state index in [1.807, 2.05) is 13.8 Å². The molecular formula is C21H26Cl2N2NaO4-. The first kappa shape index (κ1) is 33.3. The molecule has 0 fully saturated rings. The van der Waals surface area contributed by atoms with Gasteiger partial charge >= 0.3 is 29.6 Å². The molecule has 0 aliphatic carbocycles. The summed E-state index contributed by atoms with van der Waals surface area (Å²) in [5.74, 6) is -0.807. The number of hydrogen-bond acceptors (Lipinski definition) is 4. The summed E-state index contributed by atoms with van der Waals surface area (Å²) < 4.78 is 0. The van der Waals surface area contributed by atoms with Crippen molar-refractivity contribution >= 4 is 40.7 Å². The van der Waals surface area contributed by atoms with E-state index in [1.165, 1.54) is 0 Å². The molecule has 6 nitrogen and oxygen atoms in total. The number of nitrogens with one attached hydrogen (secondary N) is 1. The first-order valence-electron chi connectivity index (χ1n) is 8.52. The fourth-order valence-corrected chi connectivity index (χ4v) is 2.27. The topological polar surface area (TPSA) is 101 Å². The van der Waals surface area contributed by atoms with Crippen LogP contribution in [0.2, 0.25) is 10.0 Å². The Labute approximate surface area is 210 Å². The van der Waals surface area contributed by atoms with Gasteiger partial charge in [0.15, 0.2) is 0 Å². The molecule has 3 N–H and O–H groups in total. The van der Waals surface area contributed by atoms with Crippen molar-refractivity contribution in [2.75, 3.05) is 14.2 Å². The second-order valence-corrected chi connectivity index (χ2v) is 5.43. The van der Waals surface area contributed by atoms with E-state index >= 15 is 0 Å². The Balaban J connectivity index is -0.000000955. The van der Waals surface area contributed by atoms with Crippen molar-refractivity contribution in [3.63, 3.8) is 0 Å². The normalized spacial score (nSPS) is 8.27. The van der Waals surface area contributed by atoms with Gasteiger partial charge in [0.1, 0.15) is 0 Å². The third-order valence-corrected chi connectivity index (χ3v) is 3.55. The van der Waals surface area contributed by atoms with Crippen molar-refractivity contribution < 1.29 is 49.4 Å². The molecular weight excluding hydrogens is 438 g/mol. The van der Waals surface area contributed by atoms with E-state index in [0.29, 0.717) is 21.3 Å². The minimum absolute atomic E-state index is 0. The predicted molar refractivity (Wildman–Crippen MR) is 119 cm³/mol. The average molecular weight is 464 g/mol. The molecule has 0 aliphatic rings. The summed E-state index contributed by atoms with van der Waals surface area (Å²) in [6.07, 6.45) is 0.872. The zero-order valence-corrected chi connectivity index (χ0v) is 21.3. The van der Waals surface area contributed by atoms with Gasteiger partial charge in [0.05, 0.1) is 0 Å². The van der Waals surface area contributed by atoms with Gasteiger partial charge in [0.25, 0.3) is 5.91 Å². The maximum Gasteiger partial charge on any atom is 1.00 e.